The Morgan fingerprint density at radius 1 is 1.33 bits per heavy atom. The Bertz CT molecular complexity index is 383. The van der Waals surface area contributed by atoms with Gasteiger partial charge in [-0.15, -0.1) is 0 Å². The number of amides is 2. The van der Waals surface area contributed by atoms with Crippen LogP contribution in [0.4, 0.5) is 4.79 Å². The van der Waals surface area contributed by atoms with E-state index in [-0.39, 0.29) is 24.1 Å². The molecule has 4 heteroatoms. The van der Waals surface area contributed by atoms with Crippen molar-refractivity contribution in [2.24, 2.45) is 16.7 Å². The zero-order valence-electron chi connectivity index (χ0n) is 14.1. The summed E-state index contributed by atoms with van der Waals surface area (Å²) in [5, 5.41) is 12.4. The minimum atomic E-state index is 0.00655. The van der Waals surface area contributed by atoms with E-state index >= 15 is 0 Å². The number of aliphatic hydroxyl groups excluding tert-OH is 1. The molecule has 0 aliphatic heterocycles. The minimum absolute atomic E-state index is 0.00655. The van der Waals surface area contributed by atoms with Crippen molar-refractivity contribution in [3.63, 3.8) is 0 Å². The molecule has 2 N–H and O–H groups in total. The van der Waals surface area contributed by atoms with Gasteiger partial charge in [0.05, 0.1) is 6.61 Å². The zero-order chi connectivity index (χ0) is 15.7. The Hall–Kier alpha value is -0.770. The molecule has 3 atom stereocenters. The SMILES string of the molecule is CCCCN(CCO)C(=O)NC1CC2CCC1(C)C2(C)C. The Morgan fingerprint density at radius 2 is 2.05 bits per heavy atom. The second-order valence-electron chi connectivity index (χ2n) is 7.68. The summed E-state index contributed by atoms with van der Waals surface area (Å²) in [7, 11) is 0. The molecule has 2 saturated carbocycles. The lowest BCUT2D eigenvalue weighted by atomic mass is 9.69. The van der Waals surface area contributed by atoms with E-state index in [0.717, 1.165) is 31.7 Å². The number of carbonyl (C=O) groups excluding carboxylic acids is 1. The van der Waals surface area contributed by atoms with Crippen LogP contribution in [0.15, 0.2) is 0 Å². The molecule has 0 spiro atoms. The number of hydrogen-bond acceptors (Lipinski definition) is 2. The number of rotatable bonds is 6. The van der Waals surface area contributed by atoms with Crippen molar-refractivity contribution in [3.05, 3.63) is 0 Å². The number of fused-ring (bicyclic) bond motifs is 2. The summed E-state index contributed by atoms with van der Waals surface area (Å²) in [5.41, 5.74) is 0.527. The quantitative estimate of drug-likeness (QED) is 0.791. The topological polar surface area (TPSA) is 52.6 Å². The molecule has 2 rings (SSSR count). The van der Waals surface area contributed by atoms with Gasteiger partial charge in [-0.05, 0) is 42.4 Å². The van der Waals surface area contributed by atoms with E-state index in [1.54, 1.807) is 4.90 Å². The molecular formula is C17H32N2O2. The smallest absolute Gasteiger partial charge is 0.317 e. The second kappa shape index (κ2) is 6.15. The summed E-state index contributed by atoms with van der Waals surface area (Å²) in [6.45, 7) is 10.4. The maximum atomic E-state index is 12.5. The van der Waals surface area contributed by atoms with Gasteiger partial charge in [0.2, 0.25) is 0 Å². The molecule has 2 bridgehead atoms. The third kappa shape index (κ3) is 2.79. The van der Waals surface area contributed by atoms with Gasteiger partial charge in [-0.25, -0.2) is 4.79 Å². The first-order chi connectivity index (χ1) is 9.86. The van der Waals surface area contributed by atoms with Crippen molar-refractivity contribution in [2.75, 3.05) is 19.7 Å². The van der Waals surface area contributed by atoms with Crippen molar-refractivity contribution in [2.45, 2.75) is 65.8 Å². The maximum absolute atomic E-state index is 12.5. The molecule has 122 valence electrons. The Balaban J connectivity index is 1.99. The van der Waals surface area contributed by atoms with Crippen molar-refractivity contribution in [1.29, 1.82) is 0 Å². The van der Waals surface area contributed by atoms with E-state index in [1.165, 1.54) is 12.8 Å². The predicted octanol–water partition coefficient (Wildman–Crippen LogP) is 3.01. The number of carbonyl (C=O) groups is 1. The van der Waals surface area contributed by atoms with Gasteiger partial charge in [0.15, 0.2) is 0 Å². The molecule has 0 heterocycles. The summed E-state index contributed by atoms with van der Waals surface area (Å²) < 4.78 is 0. The molecule has 0 saturated heterocycles. The van der Waals surface area contributed by atoms with Gasteiger partial charge < -0.3 is 15.3 Å². The van der Waals surface area contributed by atoms with Gasteiger partial charge >= 0.3 is 6.03 Å². The van der Waals surface area contributed by atoms with Crippen molar-refractivity contribution in [3.8, 4) is 0 Å². The van der Waals surface area contributed by atoms with Gasteiger partial charge in [0.25, 0.3) is 0 Å². The molecule has 4 nitrogen and oxygen atoms in total. The molecule has 0 aromatic rings. The summed E-state index contributed by atoms with van der Waals surface area (Å²) in [4.78, 5) is 14.3. The first-order valence-corrected chi connectivity index (χ1v) is 8.53. The largest absolute Gasteiger partial charge is 0.395 e. The average Bonchev–Trinajstić information content (AvgIpc) is 2.76. The highest BCUT2D eigenvalue weighted by atomic mass is 16.3. The monoisotopic (exact) mass is 296 g/mol. The molecular weight excluding hydrogens is 264 g/mol. The van der Waals surface area contributed by atoms with Crippen LogP contribution in [0.1, 0.15) is 59.8 Å². The molecule has 0 radical (unpaired) electrons. The standard InChI is InChI=1S/C17H32N2O2/c1-5-6-9-19(10-11-20)15(21)18-14-12-13-7-8-17(14,4)16(13,2)3/h13-14,20H,5-12H2,1-4H3,(H,18,21). The van der Waals surface area contributed by atoms with E-state index in [9.17, 15) is 4.79 Å². The number of hydrogen-bond donors (Lipinski definition) is 2. The second-order valence-corrected chi connectivity index (χ2v) is 7.68. The fourth-order valence-electron chi connectivity index (χ4n) is 4.45. The van der Waals surface area contributed by atoms with Crippen LogP contribution in [0.2, 0.25) is 0 Å². The van der Waals surface area contributed by atoms with Crippen LogP contribution >= 0.6 is 0 Å². The van der Waals surface area contributed by atoms with Crippen LogP contribution in [0.25, 0.3) is 0 Å². The van der Waals surface area contributed by atoms with Crippen LogP contribution in [-0.4, -0.2) is 41.8 Å². The highest BCUT2D eigenvalue weighted by molar-refractivity contribution is 5.74. The van der Waals surface area contributed by atoms with Gasteiger partial charge in [-0.2, -0.15) is 0 Å². The van der Waals surface area contributed by atoms with Gasteiger partial charge in [-0.3, -0.25) is 0 Å². The molecule has 2 aliphatic rings. The first-order valence-electron chi connectivity index (χ1n) is 8.53. The number of aliphatic hydroxyl groups is 1. The van der Waals surface area contributed by atoms with E-state index in [2.05, 4.69) is 33.0 Å². The van der Waals surface area contributed by atoms with E-state index < -0.39 is 0 Å². The van der Waals surface area contributed by atoms with Crippen LogP contribution in [-0.2, 0) is 0 Å². The third-order valence-corrected chi connectivity index (χ3v) is 6.53. The highest BCUT2D eigenvalue weighted by Crippen LogP contribution is 2.65. The van der Waals surface area contributed by atoms with Crippen LogP contribution in [0.5, 0.6) is 0 Å². The van der Waals surface area contributed by atoms with Crippen molar-refractivity contribution >= 4 is 6.03 Å². The Morgan fingerprint density at radius 3 is 2.52 bits per heavy atom. The van der Waals surface area contributed by atoms with Crippen LogP contribution in [0, 0.1) is 16.7 Å². The average molecular weight is 296 g/mol. The minimum Gasteiger partial charge on any atom is -0.395 e. The van der Waals surface area contributed by atoms with Crippen molar-refractivity contribution in [1.82, 2.24) is 10.2 Å². The van der Waals surface area contributed by atoms with Crippen LogP contribution in [0.3, 0.4) is 0 Å². The fourth-order valence-corrected chi connectivity index (χ4v) is 4.45. The lowest BCUT2D eigenvalue weighted by Gasteiger charge is -2.40. The van der Waals surface area contributed by atoms with E-state index in [0.29, 0.717) is 12.0 Å². The summed E-state index contributed by atoms with van der Waals surface area (Å²) >= 11 is 0. The molecule has 21 heavy (non-hydrogen) atoms. The molecule has 0 aromatic heterocycles. The molecule has 2 aliphatic carbocycles. The lowest BCUT2D eigenvalue weighted by Crippen LogP contribution is -2.52. The number of nitrogens with one attached hydrogen (secondary N) is 1. The highest BCUT2D eigenvalue weighted by Gasteiger charge is 2.61. The normalized spacial score (nSPS) is 33.2. The molecule has 3 unspecified atom stereocenters. The number of unbranched alkanes of at least 4 members (excludes halogenated alkanes) is 1. The van der Waals surface area contributed by atoms with Crippen molar-refractivity contribution < 1.29 is 9.90 Å². The Labute approximate surface area is 129 Å². The third-order valence-electron chi connectivity index (χ3n) is 6.53. The first kappa shape index (κ1) is 16.6. The predicted molar refractivity (Wildman–Crippen MR) is 85.1 cm³/mol. The van der Waals surface area contributed by atoms with Gasteiger partial charge in [0, 0.05) is 19.1 Å². The zero-order valence-corrected chi connectivity index (χ0v) is 14.1. The Kier molecular flexibility index (Phi) is 4.86. The lowest BCUT2D eigenvalue weighted by molar-refractivity contribution is 0.115. The summed E-state index contributed by atoms with van der Waals surface area (Å²) in [5.74, 6) is 0.731. The van der Waals surface area contributed by atoms with Gasteiger partial charge in [0.1, 0.15) is 0 Å². The number of urea groups is 1. The number of nitrogens with zero attached hydrogens (tertiary/aromatic N) is 1. The molecule has 2 amide bonds. The van der Waals surface area contributed by atoms with E-state index in [1.807, 2.05) is 0 Å². The summed E-state index contributed by atoms with van der Waals surface area (Å²) in [6, 6.07) is 0.286. The van der Waals surface area contributed by atoms with Crippen LogP contribution < -0.4 is 5.32 Å². The fraction of sp³-hybridized carbons (Fsp3) is 0.941. The summed E-state index contributed by atoms with van der Waals surface area (Å²) in [6.07, 6.45) is 5.67. The maximum Gasteiger partial charge on any atom is 0.317 e. The van der Waals surface area contributed by atoms with Gasteiger partial charge in [-0.1, -0.05) is 34.1 Å². The molecule has 0 aromatic carbocycles. The molecule has 2 fully saturated rings. The van der Waals surface area contributed by atoms with E-state index in [4.69, 9.17) is 5.11 Å².